The maximum Gasteiger partial charge on any atom is 0.150 e. The summed E-state index contributed by atoms with van der Waals surface area (Å²) in [6.45, 7) is 1.83. The van der Waals surface area contributed by atoms with Gasteiger partial charge in [0, 0.05) is 16.1 Å². The van der Waals surface area contributed by atoms with E-state index in [1.165, 1.54) is 0 Å². The number of aliphatic hydroxyl groups is 1. The highest BCUT2D eigenvalue weighted by atomic mass is 35.5. The molecule has 0 heterocycles. The molecule has 82 valence electrons. The lowest BCUT2D eigenvalue weighted by molar-refractivity contribution is 0.00358. The molecule has 0 bridgehead atoms. The van der Waals surface area contributed by atoms with Crippen LogP contribution in [0.2, 0.25) is 5.02 Å². The van der Waals surface area contributed by atoms with Crippen molar-refractivity contribution in [2.75, 3.05) is 7.05 Å². The molecule has 2 N–H and O–H groups in total. The fraction of sp³-hybridized carbons (Fsp3) is 0.364. The van der Waals surface area contributed by atoms with Crippen LogP contribution in [0.4, 0.5) is 0 Å². The van der Waals surface area contributed by atoms with Gasteiger partial charge in [-0.15, -0.1) is 0 Å². The van der Waals surface area contributed by atoms with Crippen LogP contribution in [-0.2, 0) is 5.72 Å². The summed E-state index contributed by atoms with van der Waals surface area (Å²) in [4.78, 5) is 10.8. The molecule has 0 spiro atoms. The quantitative estimate of drug-likeness (QED) is 0.611. The Labute approximate surface area is 94.1 Å². The second-order valence-electron chi connectivity index (χ2n) is 3.31. The number of hydrogen-bond acceptors (Lipinski definition) is 3. The third kappa shape index (κ3) is 2.37. The summed E-state index contributed by atoms with van der Waals surface area (Å²) in [5.74, 6) is 0. The van der Waals surface area contributed by atoms with Gasteiger partial charge >= 0.3 is 0 Å². The Morgan fingerprint density at radius 2 is 2.27 bits per heavy atom. The van der Waals surface area contributed by atoms with Gasteiger partial charge in [0.05, 0.1) is 0 Å². The Kier molecular flexibility index (Phi) is 3.85. The molecule has 0 amide bonds. The molecule has 0 aromatic heterocycles. The van der Waals surface area contributed by atoms with Gasteiger partial charge in [0.25, 0.3) is 0 Å². The molecular weight excluding hydrogens is 214 g/mol. The molecule has 15 heavy (non-hydrogen) atoms. The summed E-state index contributed by atoms with van der Waals surface area (Å²) < 4.78 is 0. The van der Waals surface area contributed by atoms with Gasteiger partial charge in [-0.1, -0.05) is 18.5 Å². The summed E-state index contributed by atoms with van der Waals surface area (Å²) >= 11 is 5.84. The molecule has 4 heteroatoms. The minimum Gasteiger partial charge on any atom is -0.372 e. The lowest BCUT2D eigenvalue weighted by Crippen LogP contribution is -2.39. The first kappa shape index (κ1) is 12.2. The predicted octanol–water partition coefficient (Wildman–Crippen LogP) is 1.93. The van der Waals surface area contributed by atoms with Crippen molar-refractivity contribution in [2.24, 2.45) is 0 Å². The van der Waals surface area contributed by atoms with Crippen LogP contribution in [0.5, 0.6) is 0 Å². The monoisotopic (exact) mass is 227 g/mol. The molecule has 0 saturated carbocycles. The zero-order chi connectivity index (χ0) is 11.5. The minimum absolute atomic E-state index is 0.443. The molecule has 1 rings (SSSR count). The number of carbonyl (C=O) groups excluding carboxylic acids is 1. The Morgan fingerprint density at radius 3 is 2.73 bits per heavy atom. The summed E-state index contributed by atoms with van der Waals surface area (Å²) in [6.07, 6.45) is 1.16. The number of halogens is 1. The van der Waals surface area contributed by atoms with E-state index in [0.717, 1.165) is 0 Å². The Bertz CT molecular complexity index is 362. The summed E-state index contributed by atoms with van der Waals surface area (Å²) in [6, 6.07) is 4.83. The number of carbonyl (C=O) groups is 1. The molecule has 0 aliphatic heterocycles. The summed E-state index contributed by atoms with van der Waals surface area (Å²) in [7, 11) is 1.64. The van der Waals surface area contributed by atoms with E-state index in [1.807, 2.05) is 6.92 Å². The minimum atomic E-state index is -1.21. The van der Waals surface area contributed by atoms with Crippen molar-refractivity contribution >= 4 is 17.9 Å². The fourth-order valence-corrected chi connectivity index (χ4v) is 1.66. The average molecular weight is 228 g/mol. The van der Waals surface area contributed by atoms with Crippen molar-refractivity contribution in [2.45, 2.75) is 19.1 Å². The van der Waals surface area contributed by atoms with E-state index in [2.05, 4.69) is 5.32 Å². The highest BCUT2D eigenvalue weighted by Gasteiger charge is 2.27. The topological polar surface area (TPSA) is 49.3 Å². The molecule has 1 unspecified atom stereocenters. The van der Waals surface area contributed by atoms with Crippen LogP contribution in [-0.4, -0.2) is 18.4 Å². The van der Waals surface area contributed by atoms with Crippen molar-refractivity contribution in [1.82, 2.24) is 5.32 Å². The van der Waals surface area contributed by atoms with Crippen molar-refractivity contribution in [1.29, 1.82) is 0 Å². The van der Waals surface area contributed by atoms with Crippen molar-refractivity contribution < 1.29 is 9.90 Å². The van der Waals surface area contributed by atoms with Crippen LogP contribution in [0.25, 0.3) is 0 Å². The van der Waals surface area contributed by atoms with Gasteiger partial charge in [-0.3, -0.25) is 10.1 Å². The van der Waals surface area contributed by atoms with E-state index in [0.29, 0.717) is 28.9 Å². The number of nitrogens with one attached hydrogen (secondary N) is 1. The van der Waals surface area contributed by atoms with E-state index < -0.39 is 5.72 Å². The number of hydrogen-bond donors (Lipinski definition) is 2. The smallest absolute Gasteiger partial charge is 0.150 e. The fourth-order valence-electron chi connectivity index (χ4n) is 1.49. The van der Waals surface area contributed by atoms with Crippen molar-refractivity contribution in [3.63, 3.8) is 0 Å². The number of benzene rings is 1. The summed E-state index contributed by atoms with van der Waals surface area (Å²) in [5, 5.41) is 13.5. The second-order valence-corrected chi connectivity index (χ2v) is 3.75. The molecule has 0 radical (unpaired) electrons. The first-order chi connectivity index (χ1) is 7.07. The molecule has 1 aromatic rings. The number of aldehydes is 1. The van der Waals surface area contributed by atoms with Gasteiger partial charge in [-0.25, -0.2) is 0 Å². The van der Waals surface area contributed by atoms with Gasteiger partial charge in [-0.05, 0) is 31.7 Å². The van der Waals surface area contributed by atoms with E-state index in [4.69, 9.17) is 11.6 Å². The van der Waals surface area contributed by atoms with E-state index in [9.17, 15) is 9.90 Å². The Balaban J connectivity index is 3.32. The average Bonchev–Trinajstić information content (AvgIpc) is 2.28. The van der Waals surface area contributed by atoms with Gasteiger partial charge in [0.15, 0.2) is 0 Å². The molecule has 0 aliphatic carbocycles. The SMILES string of the molecule is CCC(O)(NC)c1cc(Cl)ccc1C=O. The number of rotatable bonds is 4. The van der Waals surface area contributed by atoms with Crippen LogP contribution in [0, 0.1) is 0 Å². The highest BCUT2D eigenvalue weighted by molar-refractivity contribution is 6.30. The van der Waals surface area contributed by atoms with Crippen molar-refractivity contribution in [3.05, 3.63) is 34.3 Å². The highest BCUT2D eigenvalue weighted by Crippen LogP contribution is 2.26. The molecular formula is C11H14ClNO2. The van der Waals surface area contributed by atoms with Crippen LogP contribution in [0.15, 0.2) is 18.2 Å². The van der Waals surface area contributed by atoms with E-state index >= 15 is 0 Å². The summed E-state index contributed by atoms with van der Waals surface area (Å²) in [5.41, 5.74) is -0.255. The van der Waals surface area contributed by atoms with Crippen LogP contribution in [0.3, 0.4) is 0 Å². The lowest BCUT2D eigenvalue weighted by atomic mass is 9.95. The van der Waals surface area contributed by atoms with E-state index in [-0.39, 0.29) is 0 Å². The first-order valence-corrected chi connectivity index (χ1v) is 5.11. The van der Waals surface area contributed by atoms with Gasteiger partial charge in [0.2, 0.25) is 0 Å². The van der Waals surface area contributed by atoms with Gasteiger partial charge in [0.1, 0.15) is 12.0 Å². The van der Waals surface area contributed by atoms with Crippen molar-refractivity contribution in [3.8, 4) is 0 Å². The van der Waals surface area contributed by atoms with Crippen LogP contribution < -0.4 is 5.32 Å². The normalized spacial score (nSPS) is 14.7. The molecule has 1 aromatic carbocycles. The lowest BCUT2D eigenvalue weighted by Gasteiger charge is -2.28. The molecule has 1 atom stereocenters. The van der Waals surface area contributed by atoms with E-state index in [1.54, 1.807) is 25.2 Å². The second kappa shape index (κ2) is 4.75. The zero-order valence-corrected chi connectivity index (χ0v) is 9.51. The zero-order valence-electron chi connectivity index (χ0n) is 8.75. The van der Waals surface area contributed by atoms with Gasteiger partial charge < -0.3 is 5.11 Å². The Morgan fingerprint density at radius 1 is 1.60 bits per heavy atom. The maximum absolute atomic E-state index is 10.8. The standard InChI is InChI=1S/C11H14ClNO2/c1-3-11(15,13-2)10-6-9(12)5-4-8(10)7-14/h4-7,13,15H,3H2,1-2H3. The van der Waals surface area contributed by atoms with Gasteiger partial charge in [-0.2, -0.15) is 0 Å². The molecule has 0 fully saturated rings. The molecule has 0 aliphatic rings. The predicted molar refractivity (Wildman–Crippen MR) is 60.1 cm³/mol. The first-order valence-electron chi connectivity index (χ1n) is 4.74. The largest absolute Gasteiger partial charge is 0.372 e. The third-order valence-electron chi connectivity index (χ3n) is 2.51. The van der Waals surface area contributed by atoms with Crippen LogP contribution >= 0.6 is 11.6 Å². The third-order valence-corrected chi connectivity index (χ3v) is 2.75. The maximum atomic E-state index is 10.8. The Hall–Kier alpha value is -0.900. The molecule has 3 nitrogen and oxygen atoms in total. The molecule has 0 saturated heterocycles. The van der Waals surface area contributed by atoms with Crippen LogP contribution in [0.1, 0.15) is 29.3 Å².